The number of halogens is 5. The summed E-state index contributed by atoms with van der Waals surface area (Å²) in [6.45, 7) is 2.81. The van der Waals surface area contributed by atoms with Gasteiger partial charge in [0.2, 0.25) is 11.9 Å². The normalized spacial score (nSPS) is 16.8. The molecule has 4 aromatic rings. The quantitative estimate of drug-likeness (QED) is 0.285. The second kappa shape index (κ2) is 10.4. The molecule has 1 aliphatic heterocycles. The molecule has 194 valence electrons. The van der Waals surface area contributed by atoms with Crippen LogP contribution in [-0.4, -0.2) is 43.6 Å². The van der Waals surface area contributed by atoms with Crippen LogP contribution in [0, 0.1) is 0 Å². The maximum absolute atomic E-state index is 13.1. The maximum Gasteiger partial charge on any atom is 0.416 e. The van der Waals surface area contributed by atoms with E-state index in [1.54, 1.807) is 17.8 Å². The van der Waals surface area contributed by atoms with Gasteiger partial charge in [-0.15, -0.1) is 0 Å². The van der Waals surface area contributed by atoms with Crippen LogP contribution < -0.4 is 10.6 Å². The lowest BCUT2D eigenvalue weighted by Crippen LogP contribution is -2.41. The molecule has 0 spiro atoms. The van der Waals surface area contributed by atoms with Gasteiger partial charge in [-0.25, -0.2) is 9.97 Å². The Hall–Kier alpha value is -3.08. The van der Waals surface area contributed by atoms with Crippen molar-refractivity contribution in [2.45, 2.75) is 31.6 Å². The van der Waals surface area contributed by atoms with Crippen molar-refractivity contribution < 1.29 is 13.2 Å². The Labute approximate surface area is 221 Å². The molecule has 0 unspecified atom stereocenters. The van der Waals surface area contributed by atoms with Crippen LogP contribution in [0.2, 0.25) is 10.0 Å². The largest absolute Gasteiger partial charge is 0.416 e. The topological polar surface area (TPSA) is 70.9 Å². The fourth-order valence-electron chi connectivity index (χ4n) is 4.47. The monoisotopic (exact) mass is 549 g/mol. The minimum absolute atomic E-state index is 0.127. The lowest BCUT2D eigenvalue weighted by molar-refractivity contribution is -0.137. The standard InChI is InChI=1S/C25H24Cl2F3N7/c1-36-22-20(33-24(36)34-21-18(26)10-16(11-19(21)27)25(28,29)30)12-31-23(35-22)32-17-8-5-9-37(14-17)13-15-6-3-2-4-7-15/h2-4,6-7,10-12,17H,5,8-9,13-14H2,1H3,(H,33,34)(H,31,32,35)/t17-/m1/s1. The van der Waals surface area contributed by atoms with E-state index in [4.69, 9.17) is 23.2 Å². The third-order valence-corrected chi connectivity index (χ3v) is 6.90. The molecule has 2 aromatic carbocycles. The van der Waals surface area contributed by atoms with Crippen molar-refractivity contribution in [3.8, 4) is 0 Å². The molecule has 0 saturated carbocycles. The number of benzene rings is 2. The summed E-state index contributed by atoms with van der Waals surface area (Å²) < 4.78 is 40.8. The van der Waals surface area contributed by atoms with Crippen LogP contribution in [-0.2, 0) is 19.8 Å². The van der Waals surface area contributed by atoms with Crippen molar-refractivity contribution >= 4 is 51.9 Å². The van der Waals surface area contributed by atoms with E-state index < -0.39 is 11.7 Å². The Balaban J connectivity index is 1.31. The van der Waals surface area contributed by atoms with Gasteiger partial charge in [0.1, 0.15) is 5.52 Å². The summed E-state index contributed by atoms with van der Waals surface area (Å²) in [6, 6.07) is 12.2. The SMILES string of the molecule is Cn1c(Nc2c(Cl)cc(C(F)(F)F)cc2Cl)nc2cnc(N[C@@H]3CCCN(Cc4ccccc4)C3)nc21. The number of fused-ring (bicyclic) bond motifs is 1. The first-order valence-corrected chi connectivity index (χ1v) is 12.5. The van der Waals surface area contributed by atoms with E-state index in [0.29, 0.717) is 23.1 Å². The molecule has 1 aliphatic rings. The molecular formula is C25H24Cl2F3N7. The summed E-state index contributed by atoms with van der Waals surface area (Å²) in [5, 5.41) is 6.03. The highest BCUT2D eigenvalue weighted by molar-refractivity contribution is 6.39. The zero-order valence-corrected chi connectivity index (χ0v) is 21.4. The van der Waals surface area contributed by atoms with Crippen molar-refractivity contribution in [1.82, 2.24) is 24.4 Å². The molecule has 0 bridgehead atoms. The Morgan fingerprint density at radius 3 is 2.51 bits per heavy atom. The molecule has 2 N–H and O–H groups in total. The van der Waals surface area contributed by atoms with Crippen LogP contribution in [0.5, 0.6) is 0 Å². The summed E-state index contributed by atoms with van der Waals surface area (Å²) in [7, 11) is 1.74. The van der Waals surface area contributed by atoms with Crippen LogP contribution in [0.3, 0.4) is 0 Å². The number of hydrogen-bond acceptors (Lipinski definition) is 6. The number of aryl methyl sites for hydroxylation is 1. The van der Waals surface area contributed by atoms with Gasteiger partial charge < -0.3 is 10.6 Å². The minimum Gasteiger partial charge on any atom is -0.350 e. The Morgan fingerprint density at radius 1 is 1.08 bits per heavy atom. The predicted molar refractivity (Wildman–Crippen MR) is 139 cm³/mol. The molecule has 1 fully saturated rings. The molecule has 0 amide bonds. The minimum atomic E-state index is -4.56. The third-order valence-electron chi connectivity index (χ3n) is 6.31. The fourth-order valence-corrected chi connectivity index (χ4v) is 5.05. The molecule has 5 rings (SSSR count). The molecule has 1 atom stereocenters. The summed E-state index contributed by atoms with van der Waals surface area (Å²) in [4.78, 5) is 15.9. The van der Waals surface area contributed by atoms with Gasteiger partial charge in [-0.1, -0.05) is 53.5 Å². The van der Waals surface area contributed by atoms with E-state index in [2.05, 4.69) is 54.8 Å². The van der Waals surface area contributed by atoms with E-state index in [1.807, 2.05) is 6.07 Å². The first kappa shape index (κ1) is 25.6. The summed E-state index contributed by atoms with van der Waals surface area (Å²) in [5.74, 6) is 0.802. The molecule has 12 heteroatoms. The van der Waals surface area contributed by atoms with Gasteiger partial charge in [-0.3, -0.25) is 9.47 Å². The number of aromatic nitrogens is 4. The smallest absolute Gasteiger partial charge is 0.350 e. The van der Waals surface area contributed by atoms with Gasteiger partial charge >= 0.3 is 6.18 Å². The first-order chi connectivity index (χ1) is 17.7. The maximum atomic E-state index is 13.1. The molecule has 0 radical (unpaired) electrons. The second-order valence-corrected chi connectivity index (χ2v) is 9.85. The summed E-state index contributed by atoms with van der Waals surface area (Å²) in [6.07, 6.45) is -0.868. The van der Waals surface area contributed by atoms with E-state index in [0.717, 1.165) is 44.6 Å². The van der Waals surface area contributed by atoms with Crippen molar-refractivity contribution in [3.05, 3.63) is 69.8 Å². The van der Waals surface area contributed by atoms with Gasteiger partial charge in [0.05, 0.1) is 27.5 Å². The van der Waals surface area contributed by atoms with E-state index >= 15 is 0 Å². The molecular weight excluding hydrogens is 526 g/mol. The van der Waals surface area contributed by atoms with Gasteiger partial charge in [-0.2, -0.15) is 18.2 Å². The number of rotatable bonds is 6. The number of nitrogens with zero attached hydrogens (tertiary/aromatic N) is 5. The van der Waals surface area contributed by atoms with Crippen LogP contribution in [0.1, 0.15) is 24.0 Å². The van der Waals surface area contributed by atoms with Crippen molar-refractivity contribution in [3.63, 3.8) is 0 Å². The zero-order valence-electron chi connectivity index (χ0n) is 19.9. The number of anilines is 3. The van der Waals surface area contributed by atoms with Crippen molar-refractivity contribution in [1.29, 1.82) is 0 Å². The van der Waals surface area contributed by atoms with E-state index in [1.165, 1.54) is 5.56 Å². The average molecular weight is 550 g/mol. The van der Waals surface area contributed by atoms with Crippen molar-refractivity contribution in [2.75, 3.05) is 23.7 Å². The number of imidazole rings is 1. The highest BCUT2D eigenvalue weighted by Gasteiger charge is 2.32. The highest BCUT2D eigenvalue weighted by Crippen LogP contribution is 2.39. The number of likely N-dealkylation sites (tertiary alicyclic amines) is 1. The summed E-state index contributed by atoms with van der Waals surface area (Å²) >= 11 is 12.2. The van der Waals surface area contributed by atoms with Gasteiger partial charge in [0.15, 0.2) is 5.65 Å². The van der Waals surface area contributed by atoms with Crippen molar-refractivity contribution in [2.24, 2.45) is 7.05 Å². The van der Waals surface area contributed by atoms with E-state index in [9.17, 15) is 13.2 Å². The molecule has 0 aliphatic carbocycles. The lowest BCUT2D eigenvalue weighted by Gasteiger charge is -2.33. The van der Waals surface area contributed by atoms with Crippen LogP contribution in [0.25, 0.3) is 11.2 Å². The fraction of sp³-hybridized carbons (Fsp3) is 0.320. The molecule has 37 heavy (non-hydrogen) atoms. The summed E-state index contributed by atoms with van der Waals surface area (Å²) in [5.41, 5.74) is 1.55. The Morgan fingerprint density at radius 2 is 1.81 bits per heavy atom. The molecule has 7 nitrogen and oxygen atoms in total. The molecule has 3 heterocycles. The van der Waals surface area contributed by atoms with Crippen LogP contribution >= 0.6 is 23.2 Å². The highest BCUT2D eigenvalue weighted by atomic mass is 35.5. The molecule has 2 aromatic heterocycles. The number of hydrogen-bond donors (Lipinski definition) is 2. The Kier molecular flexibility index (Phi) is 7.15. The Bertz CT molecular complexity index is 1390. The first-order valence-electron chi connectivity index (χ1n) is 11.7. The number of nitrogens with one attached hydrogen (secondary N) is 2. The number of piperidine rings is 1. The van der Waals surface area contributed by atoms with Gasteiger partial charge in [0.25, 0.3) is 0 Å². The average Bonchev–Trinajstić information content (AvgIpc) is 3.16. The third kappa shape index (κ3) is 5.76. The molecule has 1 saturated heterocycles. The van der Waals surface area contributed by atoms with Crippen LogP contribution in [0.4, 0.5) is 30.8 Å². The van der Waals surface area contributed by atoms with Crippen LogP contribution in [0.15, 0.2) is 48.7 Å². The predicted octanol–water partition coefficient (Wildman–Crippen LogP) is 6.51. The second-order valence-electron chi connectivity index (χ2n) is 9.04. The number of alkyl halides is 3. The van der Waals surface area contributed by atoms with Gasteiger partial charge in [0, 0.05) is 26.2 Å². The van der Waals surface area contributed by atoms with E-state index in [-0.39, 0.29) is 21.8 Å². The lowest BCUT2D eigenvalue weighted by atomic mass is 10.0. The zero-order chi connectivity index (χ0) is 26.2. The van der Waals surface area contributed by atoms with Gasteiger partial charge in [-0.05, 0) is 37.1 Å².